The van der Waals surface area contributed by atoms with Crippen molar-refractivity contribution in [2.45, 2.75) is 0 Å². The highest BCUT2D eigenvalue weighted by molar-refractivity contribution is 6.16. The Morgan fingerprint density at radius 3 is 0.770 bits per heavy atom. The van der Waals surface area contributed by atoms with Gasteiger partial charge in [-0.25, -0.2) is 39.0 Å². The van der Waals surface area contributed by atoms with Crippen LogP contribution >= 0.6 is 0 Å². The van der Waals surface area contributed by atoms with Gasteiger partial charge in [-0.15, -0.1) is 4.68 Å². The van der Waals surface area contributed by atoms with Gasteiger partial charge in [-0.3, -0.25) is 0 Å². The molecule has 12 nitrogen and oxygen atoms in total. The molecule has 0 aliphatic carbocycles. The van der Waals surface area contributed by atoms with Gasteiger partial charge in [-0.05, 0) is 96.1 Å². The summed E-state index contributed by atoms with van der Waals surface area (Å²) >= 11 is 0. The average molecular weight is 1440 g/mol. The lowest BCUT2D eigenvalue weighted by Gasteiger charge is -2.26. The molecule has 0 spiro atoms. The van der Waals surface area contributed by atoms with Crippen LogP contribution in [0, 0.1) is 0 Å². The van der Waals surface area contributed by atoms with Gasteiger partial charge in [0.2, 0.25) is 0 Å². The molecule has 0 radical (unpaired) electrons. The highest BCUT2D eigenvalue weighted by atomic mass is 15.5. The van der Waals surface area contributed by atoms with E-state index in [9.17, 15) is 0 Å². The first kappa shape index (κ1) is 63.6. The number of para-hydroxylation sites is 9. The molecule has 0 amide bonds. The molecule has 0 aliphatic rings. The van der Waals surface area contributed by atoms with Gasteiger partial charge in [-0.1, -0.05) is 297 Å². The van der Waals surface area contributed by atoms with Crippen LogP contribution in [0.4, 0.5) is 0 Å². The molecule has 526 valence electrons. The molecule has 0 N–H and O–H groups in total. The van der Waals surface area contributed by atoms with Crippen LogP contribution in [0.2, 0.25) is 0 Å². The highest BCUT2D eigenvalue weighted by Gasteiger charge is 2.42. The average Bonchev–Trinajstić information content (AvgIpc) is 1.55. The van der Waals surface area contributed by atoms with Crippen molar-refractivity contribution in [2.75, 3.05) is 0 Å². The molecule has 0 fully saturated rings. The number of hydrogen-bond acceptors (Lipinski definition) is 6. The largest absolute Gasteiger partial charge is 0.309 e. The Hall–Kier alpha value is -15.5. The zero-order valence-electron chi connectivity index (χ0n) is 60.7. The second kappa shape index (κ2) is 25.6. The summed E-state index contributed by atoms with van der Waals surface area (Å²) in [5.74, 6) is 4.14. The predicted octanol–water partition coefficient (Wildman–Crippen LogP) is 23.8. The van der Waals surface area contributed by atoms with E-state index in [-0.39, 0.29) is 0 Å². The van der Waals surface area contributed by atoms with Gasteiger partial charge in [0.05, 0.1) is 38.8 Å². The van der Waals surface area contributed by atoms with Crippen LogP contribution in [0.3, 0.4) is 0 Å². The van der Waals surface area contributed by atoms with Crippen molar-refractivity contribution in [1.82, 2.24) is 52.8 Å². The third-order valence-corrected chi connectivity index (χ3v) is 22.4. The number of rotatable bonds is 12. The summed E-state index contributed by atoms with van der Waals surface area (Å²) in [5, 5.41) is 10.7. The van der Waals surface area contributed by atoms with Crippen LogP contribution in [0.1, 0.15) is 0 Å². The monoisotopic (exact) mass is 1440 g/mol. The van der Waals surface area contributed by atoms with Crippen LogP contribution < -0.4 is 4.68 Å². The van der Waals surface area contributed by atoms with Gasteiger partial charge in [0.15, 0.2) is 34.9 Å². The minimum Gasteiger partial charge on any atom is -0.309 e. The third kappa shape index (κ3) is 9.93. The van der Waals surface area contributed by atoms with Crippen LogP contribution in [-0.2, 0) is 0 Å². The Balaban J connectivity index is 0.997. The van der Waals surface area contributed by atoms with Crippen molar-refractivity contribution in [3.63, 3.8) is 0 Å². The smallest absolute Gasteiger partial charge is 0.270 e. The molecule has 0 saturated heterocycles. The van der Waals surface area contributed by atoms with E-state index in [4.69, 9.17) is 29.9 Å². The number of pyridine rings is 1. The van der Waals surface area contributed by atoms with Crippen LogP contribution in [-0.4, -0.2) is 52.8 Å². The molecule has 12 heteroatoms. The van der Waals surface area contributed by atoms with E-state index in [1.165, 1.54) is 10.8 Å². The van der Waals surface area contributed by atoms with Crippen LogP contribution in [0.5, 0.6) is 0 Å². The van der Waals surface area contributed by atoms with Crippen molar-refractivity contribution in [3.8, 4) is 102 Å². The van der Waals surface area contributed by atoms with Gasteiger partial charge in [0.1, 0.15) is 33.2 Å². The van der Waals surface area contributed by atoms with E-state index in [2.05, 4.69) is 337 Å². The van der Waals surface area contributed by atoms with Crippen molar-refractivity contribution in [2.24, 2.45) is 0 Å². The maximum absolute atomic E-state index is 6.04. The lowest BCUT2D eigenvalue weighted by atomic mass is 10.0. The first-order valence-electron chi connectivity index (χ1n) is 38.1. The summed E-state index contributed by atoms with van der Waals surface area (Å²) < 4.78 is 14.7. The predicted molar refractivity (Wildman–Crippen MR) is 459 cm³/mol. The third-order valence-electron chi connectivity index (χ3n) is 22.4. The van der Waals surface area contributed by atoms with Crippen LogP contribution in [0.15, 0.2) is 382 Å². The van der Waals surface area contributed by atoms with Crippen LogP contribution in [0.25, 0.3) is 211 Å². The molecule has 0 unspecified atom stereocenters. The Kier molecular flexibility index (Phi) is 14.4. The van der Waals surface area contributed by atoms with E-state index in [0.29, 0.717) is 63.4 Å². The van der Waals surface area contributed by atoms with Gasteiger partial charge in [-0.2, -0.15) is 4.68 Å². The lowest BCUT2D eigenvalue weighted by molar-refractivity contribution is -0.707. The van der Waals surface area contributed by atoms with E-state index >= 15 is 0 Å². The Labute approximate surface area is 647 Å². The fourth-order valence-corrected chi connectivity index (χ4v) is 17.5. The molecular weight excluding hydrogens is 1380 g/mol. The fourth-order valence-electron chi connectivity index (χ4n) is 17.5. The summed E-state index contributed by atoms with van der Waals surface area (Å²) in [7, 11) is 0. The van der Waals surface area contributed by atoms with E-state index in [1.54, 1.807) is 0 Å². The summed E-state index contributed by atoms with van der Waals surface area (Å²) in [6.07, 6.45) is 0. The van der Waals surface area contributed by atoms with E-state index in [0.717, 1.165) is 137 Å². The van der Waals surface area contributed by atoms with Crippen molar-refractivity contribution in [1.29, 1.82) is 0 Å². The number of fused-ring (bicyclic) bond motifs is 15. The number of benzene rings is 15. The lowest BCUT2D eigenvalue weighted by Crippen LogP contribution is -2.50. The zero-order chi connectivity index (χ0) is 74.2. The molecule has 0 saturated carbocycles. The molecule has 15 aromatic carbocycles. The Bertz CT molecular complexity index is 7250. The van der Waals surface area contributed by atoms with Crippen molar-refractivity contribution in [3.05, 3.63) is 382 Å². The van der Waals surface area contributed by atoms with E-state index in [1.807, 2.05) is 72.8 Å². The summed E-state index contributed by atoms with van der Waals surface area (Å²) in [6, 6.07) is 136. The molecule has 0 bridgehead atoms. The summed E-state index contributed by atoms with van der Waals surface area (Å²) in [4.78, 5) is 35.2. The second-order valence-corrected chi connectivity index (χ2v) is 28.7. The minimum absolute atomic E-state index is 0.392. The molecular formula is C101H63N12+. The van der Waals surface area contributed by atoms with Gasteiger partial charge >= 0.3 is 0 Å². The van der Waals surface area contributed by atoms with Gasteiger partial charge in [0, 0.05) is 81.8 Å². The molecule has 0 atom stereocenters. The molecule has 8 aromatic heterocycles. The van der Waals surface area contributed by atoms with E-state index < -0.39 is 0 Å². The number of aromatic nitrogens is 12. The fraction of sp³-hybridized carbons (Fsp3) is 0. The standard InChI is InChI=1S/C101H63N12/c1-6-32-64(33-7-1)94-102-95(65-34-8-2-9-35-65)105-98(104-94)91-93(109-82-51-25-16-42-71(82)72-43-17-26-52-83(72)109)92(99-106-96(66-36-10-3-11-37-66)103-97(107-99)67-38-12-4-13-39-67)101(111-86-55-29-20-46-75(86)76-47-21-30-56-87(76)111)113(100(91)110-84-53-27-18-44-73(84)74-45-19-28-54-85(74)110)112-89-57-31-23-49-78(89)80-63-69(59-61-90(80)112)68-58-60-88-79(62-68)77-48-22-24-50-81(77)108(88)70-40-14-5-15-41-70/h1-63H/q+1. The Morgan fingerprint density at radius 2 is 0.416 bits per heavy atom. The molecule has 113 heavy (non-hydrogen) atoms. The molecule has 23 aromatic rings. The summed E-state index contributed by atoms with van der Waals surface area (Å²) in [6.45, 7) is 0. The first-order chi connectivity index (χ1) is 56.1. The van der Waals surface area contributed by atoms with Crippen molar-refractivity contribution < 1.29 is 4.68 Å². The first-order valence-corrected chi connectivity index (χ1v) is 38.1. The summed E-state index contributed by atoms with van der Waals surface area (Å²) in [5.41, 5.74) is 18.3. The zero-order valence-corrected chi connectivity index (χ0v) is 60.7. The SMILES string of the molecule is c1ccc(-c2nc(-c3ccccc3)nc(-c3c(-n4c5ccccc5c5ccccc54)c(-c4nc(-c5ccccc5)nc(-c5ccccc5)n4)c(-n4c5ccccc5c5ccccc54)[n+](-n4c5ccccc5c5cc(-c6ccc7c(c6)c6ccccc6n7-c6ccccc6)ccc54)c3-n3c4ccccc4c4ccccc43)n2)cc1. The number of nitrogens with zero attached hydrogens (tertiary/aromatic N) is 12. The van der Waals surface area contributed by atoms with Crippen molar-refractivity contribution >= 4 is 109 Å². The quantitative estimate of drug-likeness (QED) is 0.113. The molecule has 23 rings (SSSR count). The Morgan fingerprint density at radius 1 is 0.177 bits per heavy atom. The topological polar surface area (TPSA) is 106 Å². The molecule has 0 aliphatic heterocycles. The molecule has 8 heterocycles. The second-order valence-electron chi connectivity index (χ2n) is 28.7. The maximum atomic E-state index is 6.04. The van der Waals surface area contributed by atoms with Gasteiger partial charge < -0.3 is 9.13 Å². The van der Waals surface area contributed by atoms with Gasteiger partial charge in [0.25, 0.3) is 11.6 Å². The minimum atomic E-state index is 0.392. The highest BCUT2D eigenvalue weighted by Crippen LogP contribution is 2.50. The normalized spacial score (nSPS) is 11.9. The maximum Gasteiger partial charge on any atom is 0.270 e. The number of hydrogen-bond donors (Lipinski definition) is 0.